The van der Waals surface area contributed by atoms with E-state index >= 15 is 0 Å². The molecule has 1 aromatic carbocycles. The fourth-order valence-electron chi connectivity index (χ4n) is 2.20. The number of benzene rings is 1. The summed E-state index contributed by atoms with van der Waals surface area (Å²) in [6.07, 6.45) is 3.11. The van der Waals surface area contributed by atoms with Gasteiger partial charge in [0.1, 0.15) is 5.76 Å². The van der Waals surface area contributed by atoms with Crippen LogP contribution in [0.15, 0.2) is 69.9 Å². The molecule has 1 amide bonds. The highest BCUT2D eigenvalue weighted by Gasteiger charge is 2.19. The van der Waals surface area contributed by atoms with Gasteiger partial charge in [0, 0.05) is 5.56 Å². The quantitative estimate of drug-likeness (QED) is 0.785. The van der Waals surface area contributed by atoms with Crippen molar-refractivity contribution < 1.29 is 13.6 Å². The van der Waals surface area contributed by atoms with Crippen molar-refractivity contribution in [3.63, 3.8) is 0 Å². The maximum atomic E-state index is 12.4. The second-order valence-electron chi connectivity index (χ2n) is 4.74. The van der Waals surface area contributed by atoms with Crippen LogP contribution in [-0.4, -0.2) is 5.91 Å². The third kappa shape index (κ3) is 2.74. The molecule has 0 aliphatic rings. The average molecular weight is 281 g/mol. The van der Waals surface area contributed by atoms with Gasteiger partial charge in [-0.1, -0.05) is 30.3 Å². The third-order valence-electron chi connectivity index (χ3n) is 3.27. The second-order valence-corrected chi connectivity index (χ2v) is 4.74. The molecule has 0 saturated carbocycles. The van der Waals surface area contributed by atoms with Crippen molar-refractivity contribution in [1.82, 2.24) is 5.32 Å². The Kier molecular flexibility index (Phi) is 3.60. The van der Waals surface area contributed by atoms with Crippen LogP contribution in [0.4, 0.5) is 0 Å². The highest BCUT2D eigenvalue weighted by atomic mass is 16.3. The van der Waals surface area contributed by atoms with Crippen LogP contribution in [0, 0.1) is 0 Å². The summed E-state index contributed by atoms with van der Waals surface area (Å²) in [6.45, 7) is 1.86. The van der Waals surface area contributed by atoms with E-state index in [0.29, 0.717) is 11.5 Å². The Bertz CT molecular complexity index is 714. The minimum atomic E-state index is -0.261. The molecule has 1 atom stereocenters. The molecule has 21 heavy (non-hydrogen) atoms. The van der Waals surface area contributed by atoms with E-state index in [1.54, 1.807) is 18.4 Å². The number of carbonyl (C=O) groups is 1. The SMILES string of the molecule is C[C@@H](NC(=O)c1occc1-c1ccccc1)c1ccco1. The van der Waals surface area contributed by atoms with Gasteiger partial charge in [-0.2, -0.15) is 0 Å². The lowest BCUT2D eigenvalue weighted by Crippen LogP contribution is -2.26. The summed E-state index contributed by atoms with van der Waals surface area (Å²) in [7, 11) is 0. The van der Waals surface area contributed by atoms with Gasteiger partial charge in [0.2, 0.25) is 0 Å². The zero-order valence-corrected chi connectivity index (χ0v) is 11.6. The lowest BCUT2D eigenvalue weighted by atomic mass is 10.1. The highest BCUT2D eigenvalue weighted by Crippen LogP contribution is 2.25. The van der Waals surface area contributed by atoms with Crippen molar-refractivity contribution in [2.45, 2.75) is 13.0 Å². The second kappa shape index (κ2) is 5.71. The van der Waals surface area contributed by atoms with Crippen LogP contribution in [0.5, 0.6) is 0 Å². The summed E-state index contributed by atoms with van der Waals surface area (Å²) >= 11 is 0. The molecule has 0 fully saturated rings. The lowest BCUT2D eigenvalue weighted by Gasteiger charge is -2.11. The fourth-order valence-corrected chi connectivity index (χ4v) is 2.20. The number of furan rings is 2. The number of nitrogens with one attached hydrogen (secondary N) is 1. The van der Waals surface area contributed by atoms with Crippen LogP contribution in [-0.2, 0) is 0 Å². The minimum absolute atomic E-state index is 0.221. The first-order valence-electron chi connectivity index (χ1n) is 6.73. The smallest absolute Gasteiger partial charge is 0.288 e. The first-order valence-corrected chi connectivity index (χ1v) is 6.73. The zero-order valence-electron chi connectivity index (χ0n) is 11.6. The molecule has 0 saturated heterocycles. The molecule has 0 spiro atoms. The Balaban J connectivity index is 1.82. The summed E-state index contributed by atoms with van der Waals surface area (Å²) in [5.74, 6) is 0.749. The molecule has 0 bridgehead atoms. The molecule has 0 aliphatic heterocycles. The Hall–Kier alpha value is -2.75. The van der Waals surface area contributed by atoms with Crippen LogP contribution >= 0.6 is 0 Å². The van der Waals surface area contributed by atoms with E-state index in [2.05, 4.69) is 5.32 Å². The maximum absolute atomic E-state index is 12.4. The first kappa shape index (κ1) is 13.2. The summed E-state index contributed by atoms with van der Waals surface area (Å²) in [6, 6.07) is 14.9. The topological polar surface area (TPSA) is 55.4 Å². The number of rotatable bonds is 4. The van der Waals surface area contributed by atoms with E-state index in [4.69, 9.17) is 8.83 Å². The molecule has 2 heterocycles. The van der Waals surface area contributed by atoms with Gasteiger partial charge >= 0.3 is 0 Å². The molecule has 4 heteroatoms. The number of amides is 1. The molecule has 3 aromatic rings. The molecule has 2 aromatic heterocycles. The Morgan fingerprint density at radius 3 is 2.52 bits per heavy atom. The van der Waals surface area contributed by atoms with Gasteiger partial charge in [0.25, 0.3) is 5.91 Å². The van der Waals surface area contributed by atoms with E-state index < -0.39 is 0 Å². The minimum Gasteiger partial charge on any atom is -0.467 e. The molecule has 4 nitrogen and oxygen atoms in total. The van der Waals surface area contributed by atoms with Gasteiger partial charge in [-0.25, -0.2) is 0 Å². The fraction of sp³-hybridized carbons (Fsp3) is 0.118. The highest BCUT2D eigenvalue weighted by molar-refractivity contribution is 5.98. The molecule has 106 valence electrons. The molecule has 0 aliphatic carbocycles. The number of hydrogen-bond acceptors (Lipinski definition) is 3. The van der Waals surface area contributed by atoms with Gasteiger partial charge < -0.3 is 14.2 Å². The van der Waals surface area contributed by atoms with Crippen molar-refractivity contribution >= 4 is 5.91 Å². The third-order valence-corrected chi connectivity index (χ3v) is 3.27. The summed E-state index contributed by atoms with van der Waals surface area (Å²) in [5, 5.41) is 2.87. The van der Waals surface area contributed by atoms with Gasteiger partial charge in [-0.3, -0.25) is 4.79 Å². The monoisotopic (exact) mass is 281 g/mol. The van der Waals surface area contributed by atoms with Crippen molar-refractivity contribution in [3.05, 3.63) is 72.6 Å². The van der Waals surface area contributed by atoms with Gasteiger partial charge in [0.05, 0.1) is 18.6 Å². The molecule has 1 N–H and O–H groups in total. The van der Waals surface area contributed by atoms with Crippen LogP contribution < -0.4 is 5.32 Å². The van der Waals surface area contributed by atoms with Gasteiger partial charge in [0.15, 0.2) is 5.76 Å². The predicted octanol–water partition coefficient (Wildman–Crippen LogP) is 4.03. The summed E-state index contributed by atoms with van der Waals surface area (Å²) in [5.41, 5.74) is 1.72. The van der Waals surface area contributed by atoms with Gasteiger partial charge in [-0.15, -0.1) is 0 Å². The lowest BCUT2D eigenvalue weighted by molar-refractivity contribution is 0.0908. The first-order chi connectivity index (χ1) is 10.3. The molecular weight excluding hydrogens is 266 g/mol. The van der Waals surface area contributed by atoms with E-state index in [-0.39, 0.29) is 11.9 Å². The molecule has 3 rings (SSSR count). The van der Waals surface area contributed by atoms with Crippen LogP contribution in [0.3, 0.4) is 0 Å². The van der Waals surface area contributed by atoms with Gasteiger partial charge in [-0.05, 0) is 30.7 Å². The van der Waals surface area contributed by atoms with Crippen LogP contribution in [0.25, 0.3) is 11.1 Å². The zero-order chi connectivity index (χ0) is 14.7. The number of carbonyl (C=O) groups excluding carboxylic acids is 1. The van der Waals surface area contributed by atoms with E-state index in [1.165, 1.54) is 6.26 Å². The molecular formula is C17H15NO3. The Morgan fingerprint density at radius 2 is 1.81 bits per heavy atom. The maximum Gasteiger partial charge on any atom is 0.288 e. The normalized spacial score (nSPS) is 12.0. The standard InChI is InChI=1S/C17H15NO3/c1-12(15-8-5-10-20-15)18-17(19)16-14(9-11-21-16)13-6-3-2-4-7-13/h2-12H,1H3,(H,18,19)/t12-/m1/s1. The van der Waals surface area contributed by atoms with E-state index in [1.807, 2.05) is 43.3 Å². The van der Waals surface area contributed by atoms with Crippen molar-refractivity contribution in [3.8, 4) is 11.1 Å². The van der Waals surface area contributed by atoms with E-state index in [9.17, 15) is 4.79 Å². The summed E-state index contributed by atoms with van der Waals surface area (Å²) < 4.78 is 10.6. The van der Waals surface area contributed by atoms with Crippen molar-refractivity contribution in [2.24, 2.45) is 0 Å². The Labute approximate surface area is 122 Å². The van der Waals surface area contributed by atoms with Crippen LogP contribution in [0.1, 0.15) is 29.3 Å². The Morgan fingerprint density at radius 1 is 1.00 bits per heavy atom. The predicted molar refractivity (Wildman–Crippen MR) is 78.7 cm³/mol. The largest absolute Gasteiger partial charge is 0.467 e. The van der Waals surface area contributed by atoms with Crippen LogP contribution in [0.2, 0.25) is 0 Å². The number of hydrogen-bond donors (Lipinski definition) is 1. The molecule has 0 unspecified atom stereocenters. The van der Waals surface area contributed by atoms with Crippen molar-refractivity contribution in [1.29, 1.82) is 0 Å². The van der Waals surface area contributed by atoms with Crippen molar-refractivity contribution in [2.75, 3.05) is 0 Å². The average Bonchev–Trinajstić information content (AvgIpc) is 3.19. The summed E-state index contributed by atoms with van der Waals surface area (Å²) in [4.78, 5) is 12.4. The van der Waals surface area contributed by atoms with E-state index in [0.717, 1.165) is 11.1 Å². The molecule has 0 radical (unpaired) electrons.